The molecular formula is C19H20N2O4S. The number of aliphatic hydroxyl groups excluding tert-OH is 1. The lowest BCUT2D eigenvalue weighted by Gasteiger charge is -2.09. The molecule has 0 spiro atoms. The van der Waals surface area contributed by atoms with E-state index in [2.05, 4.69) is 10.3 Å². The zero-order valence-electron chi connectivity index (χ0n) is 14.3. The molecule has 7 heteroatoms. The molecule has 1 aliphatic rings. The number of benzene rings is 1. The third kappa shape index (κ3) is 4.83. The van der Waals surface area contributed by atoms with Crippen LogP contribution in [0.25, 0.3) is 0 Å². The Morgan fingerprint density at radius 3 is 2.58 bits per heavy atom. The minimum Gasteiger partial charge on any atom is -0.493 e. The molecule has 0 bridgehead atoms. The summed E-state index contributed by atoms with van der Waals surface area (Å²) in [7, 11) is 0. The van der Waals surface area contributed by atoms with Gasteiger partial charge in [-0.25, -0.2) is 0 Å². The van der Waals surface area contributed by atoms with Crippen LogP contribution >= 0.6 is 11.8 Å². The fourth-order valence-corrected chi connectivity index (χ4v) is 3.43. The van der Waals surface area contributed by atoms with Crippen LogP contribution in [0, 0.1) is 0 Å². The molecule has 2 N–H and O–H groups in total. The van der Waals surface area contributed by atoms with Gasteiger partial charge in [0.2, 0.25) is 5.91 Å². The van der Waals surface area contributed by atoms with Crippen molar-refractivity contribution in [1.29, 1.82) is 0 Å². The van der Waals surface area contributed by atoms with Gasteiger partial charge >= 0.3 is 0 Å². The van der Waals surface area contributed by atoms with Crippen molar-refractivity contribution in [3.8, 4) is 5.75 Å². The van der Waals surface area contributed by atoms with Crippen molar-refractivity contribution in [2.75, 3.05) is 6.61 Å². The third-order valence-electron chi connectivity index (χ3n) is 4.07. The van der Waals surface area contributed by atoms with E-state index in [4.69, 9.17) is 4.74 Å². The Kier molecular flexibility index (Phi) is 5.90. The maximum atomic E-state index is 11.6. The average Bonchev–Trinajstić information content (AvgIpc) is 2.94. The van der Waals surface area contributed by atoms with E-state index < -0.39 is 6.10 Å². The quantitative estimate of drug-likeness (QED) is 0.777. The Balaban J connectivity index is 1.47. The summed E-state index contributed by atoms with van der Waals surface area (Å²) in [4.78, 5) is 27.1. The van der Waals surface area contributed by atoms with Gasteiger partial charge in [0.15, 0.2) is 0 Å². The smallest absolute Gasteiger partial charge is 0.286 e. The summed E-state index contributed by atoms with van der Waals surface area (Å²) in [6, 6.07) is 11.3. The van der Waals surface area contributed by atoms with Gasteiger partial charge in [-0.15, -0.1) is 0 Å². The molecule has 2 heterocycles. The predicted molar refractivity (Wildman–Crippen MR) is 99.1 cm³/mol. The topological polar surface area (TPSA) is 88.5 Å². The SMILES string of the molecule is C[C@H](O)c1ccc(CCOc2ccc(CC3SC(=O)NC3=O)cc2)nc1. The van der Waals surface area contributed by atoms with Gasteiger partial charge in [0, 0.05) is 18.3 Å². The lowest BCUT2D eigenvalue weighted by molar-refractivity contribution is -0.118. The number of imide groups is 1. The highest BCUT2D eigenvalue weighted by Gasteiger charge is 2.31. The van der Waals surface area contributed by atoms with Crippen molar-refractivity contribution in [3.63, 3.8) is 0 Å². The fraction of sp³-hybridized carbons (Fsp3) is 0.316. The van der Waals surface area contributed by atoms with Gasteiger partial charge in [0.05, 0.1) is 18.0 Å². The number of hydrogen-bond acceptors (Lipinski definition) is 6. The molecule has 136 valence electrons. The Morgan fingerprint density at radius 1 is 1.23 bits per heavy atom. The van der Waals surface area contributed by atoms with Crippen molar-refractivity contribution in [2.45, 2.75) is 31.1 Å². The zero-order valence-corrected chi connectivity index (χ0v) is 15.2. The van der Waals surface area contributed by atoms with Gasteiger partial charge in [-0.3, -0.25) is 19.9 Å². The number of rotatable bonds is 7. The van der Waals surface area contributed by atoms with Crippen LogP contribution in [0.15, 0.2) is 42.6 Å². The molecule has 1 aromatic heterocycles. The molecule has 2 amide bonds. The Morgan fingerprint density at radius 2 is 2.00 bits per heavy atom. The molecular weight excluding hydrogens is 352 g/mol. The van der Waals surface area contributed by atoms with Crippen molar-refractivity contribution in [3.05, 3.63) is 59.4 Å². The molecule has 2 aromatic rings. The number of carbonyl (C=O) groups excluding carboxylic acids is 2. The van der Waals surface area contributed by atoms with Crippen molar-refractivity contribution >= 4 is 22.9 Å². The summed E-state index contributed by atoms with van der Waals surface area (Å²) in [6.07, 6.45) is 2.35. The van der Waals surface area contributed by atoms with E-state index in [-0.39, 0.29) is 16.4 Å². The van der Waals surface area contributed by atoms with Crippen LogP contribution in [0.1, 0.15) is 29.8 Å². The lowest BCUT2D eigenvalue weighted by Crippen LogP contribution is -2.25. The van der Waals surface area contributed by atoms with Crippen LogP contribution < -0.4 is 10.1 Å². The highest BCUT2D eigenvalue weighted by molar-refractivity contribution is 8.15. The molecule has 1 aromatic carbocycles. The number of aromatic nitrogens is 1. The molecule has 1 aliphatic heterocycles. The van der Waals surface area contributed by atoms with Gasteiger partial charge < -0.3 is 9.84 Å². The molecule has 26 heavy (non-hydrogen) atoms. The average molecular weight is 372 g/mol. The van der Waals surface area contributed by atoms with E-state index in [1.54, 1.807) is 13.1 Å². The summed E-state index contributed by atoms with van der Waals surface area (Å²) in [5.74, 6) is 0.517. The summed E-state index contributed by atoms with van der Waals surface area (Å²) >= 11 is 1.03. The number of nitrogens with one attached hydrogen (secondary N) is 1. The van der Waals surface area contributed by atoms with Crippen LogP contribution in [0.5, 0.6) is 5.75 Å². The van der Waals surface area contributed by atoms with E-state index in [1.165, 1.54) is 0 Å². The first-order valence-corrected chi connectivity index (χ1v) is 9.25. The van der Waals surface area contributed by atoms with Crippen LogP contribution in [0.2, 0.25) is 0 Å². The Bertz CT molecular complexity index is 775. The largest absolute Gasteiger partial charge is 0.493 e. The molecule has 1 saturated heterocycles. The van der Waals surface area contributed by atoms with Gasteiger partial charge in [0.25, 0.3) is 5.24 Å². The second kappa shape index (κ2) is 8.33. The number of carbonyl (C=O) groups is 2. The minimum absolute atomic E-state index is 0.227. The van der Waals surface area contributed by atoms with Crippen molar-refractivity contribution in [2.24, 2.45) is 0 Å². The predicted octanol–water partition coefficient (Wildman–Crippen LogP) is 2.65. The van der Waals surface area contributed by atoms with Gasteiger partial charge in [-0.2, -0.15) is 0 Å². The summed E-state index contributed by atoms with van der Waals surface area (Å²) in [5.41, 5.74) is 2.68. The maximum absolute atomic E-state index is 11.6. The number of aliphatic hydroxyl groups is 1. The van der Waals surface area contributed by atoms with Crippen LogP contribution in [0.4, 0.5) is 4.79 Å². The normalized spacial score (nSPS) is 17.8. The second-order valence-corrected chi connectivity index (χ2v) is 7.26. The van der Waals surface area contributed by atoms with Crippen molar-refractivity contribution in [1.82, 2.24) is 10.3 Å². The molecule has 0 aliphatic carbocycles. The number of hydrogen-bond donors (Lipinski definition) is 2. The maximum Gasteiger partial charge on any atom is 0.286 e. The van der Waals surface area contributed by atoms with Gasteiger partial charge in [-0.1, -0.05) is 30.0 Å². The molecule has 0 radical (unpaired) electrons. The lowest BCUT2D eigenvalue weighted by atomic mass is 10.1. The van der Waals surface area contributed by atoms with E-state index in [0.29, 0.717) is 19.4 Å². The molecule has 1 fully saturated rings. The molecule has 0 saturated carbocycles. The zero-order chi connectivity index (χ0) is 18.5. The van der Waals surface area contributed by atoms with Crippen molar-refractivity contribution < 1.29 is 19.4 Å². The minimum atomic E-state index is -0.516. The molecule has 1 unspecified atom stereocenters. The van der Waals surface area contributed by atoms with E-state index in [9.17, 15) is 14.7 Å². The fourth-order valence-electron chi connectivity index (χ4n) is 2.57. The Labute approximate surface area is 156 Å². The summed E-state index contributed by atoms with van der Waals surface area (Å²) in [5, 5.41) is 11.1. The molecule has 2 atom stereocenters. The van der Waals surface area contributed by atoms with E-state index in [1.807, 2.05) is 36.4 Å². The number of amides is 2. The highest BCUT2D eigenvalue weighted by Crippen LogP contribution is 2.24. The monoisotopic (exact) mass is 372 g/mol. The third-order valence-corrected chi connectivity index (χ3v) is 5.05. The molecule has 6 nitrogen and oxygen atoms in total. The number of pyridine rings is 1. The first-order valence-electron chi connectivity index (χ1n) is 8.37. The molecule has 3 rings (SSSR count). The van der Waals surface area contributed by atoms with Crippen LogP contribution in [-0.2, 0) is 17.6 Å². The number of nitrogens with zero attached hydrogens (tertiary/aromatic N) is 1. The first-order chi connectivity index (χ1) is 12.5. The number of thioether (sulfide) groups is 1. The van der Waals surface area contributed by atoms with E-state index in [0.717, 1.165) is 34.3 Å². The highest BCUT2D eigenvalue weighted by atomic mass is 32.2. The van der Waals surface area contributed by atoms with Gasteiger partial charge in [0.1, 0.15) is 5.75 Å². The van der Waals surface area contributed by atoms with Crippen LogP contribution in [-0.4, -0.2) is 33.1 Å². The van der Waals surface area contributed by atoms with Crippen LogP contribution in [0.3, 0.4) is 0 Å². The standard InChI is InChI=1S/C19H20N2O4S/c1-12(22)14-4-5-15(20-11-14)8-9-25-16-6-2-13(3-7-16)10-17-18(23)21-19(24)26-17/h2-7,11-12,17,22H,8-10H2,1H3,(H,21,23,24)/t12-,17?/m0/s1. The number of ether oxygens (including phenoxy) is 1. The summed E-state index contributed by atoms with van der Waals surface area (Å²) in [6.45, 7) is 2.20. The van der Waals surface area contributed by atoms with Gasteiger partial charge in [-0.05, 0) is 42.7 Å². The Hall–Kier alpha value is -2.38. The second-order valence-electron chi connectivity index (χ2n) is 6.09. The van der Waals surface area contributed by atoms with E-state index >= 15 is 0 Å². The summed E-state index contributed by atoms with van der Waals surface area (Å²) < 4.78 is 5.72. The first kappa shape index (κ1) is 18.4.